The molecule has 3 aromatic rings. The molecule has 3 aromatic carbocycles. The Hall–Kier alpha value is -3.60. The molecule has 0 saturated carbocycles. The van der Waals surface area contributed by atoms with Gasteiger partial charge in [0.05, 0.1) is 0 Å². The maximum absolute atomic E-state index is 12.7. The molecule has 0 atom stereocenters. The molecule has 2 N–H and O–H groups in total. The fourth-order valence-corrected chi connectivity index (χ4v) is 3.16. The Morgan fingerprint density at radius 3 is 2.23 bits per heavy atom. The van der Waals surface area contributed by atoms with Crippen molar-refractivity contribution in [2.45, 2.75) is 39.5 Å². The zero-order chi connectivity index (χ0) is 22.1. The number of para-hydroxylation sites is 1. The fourth-order valence-electron chi connectivity index (χ4n) is 3.16. The Bertz CT molecular complexity index is 999. The molecule has 1 amide bonds. The van der Waals surface area contributed by atoms with Crippen molar-refractivity contribution in [2.75, 3.05) is 5.32 Å². The van der Waals surface area contributed by atoms with E-state index in [1.165, 1.54) is 0 Å². The predicted octanol–water partition coefficient (Wildman–Crippen LogP) is 5.36. The maximum Gasteiger partial charge on any atom is 0.407 e. The Kier molecular flexibility index (Phi) is 7.82. The summed E-state index contributed by atoms with van der Waals surface area (Å²) in [4.78, 5) is 24.6. The van der Waals surface area contributed by atoms with Crippen LogP contribution in [0.4, 0.5) is 10.5 Å². The summed E-state index contributed by atoms with van der Waals surface area (Å²) >= 11 is 0. The topological polar surface area (TPSA) is 67.4 Å². The molecule has 0 radical (unpaired) electrons. The SMILES string of the molecule is CC(C)Nc1ccccc1CC(=O)c1ccc(CNC(=O)OCc2ccccc2)cc1. The third-order valence-electron chi connectivity index (χ3n) is 4.74. The number of ether oxygens (including phenoxy) is 1. The second-order valence-electron chi connectivity index (χ2n) is 7.67. The summed E-state index contributed by atoms with van der Waals surface area (Å²) in [5.41, 5.74) is 4.45. The molecular weight excluding hydrogens is 388 g/mol. The second kappa shape index (κ2) is 11.0. The van der Waals surface area contributed by atoms with Crippen LogP contribution >= 0.6 is 0 Å². The zero-order valence-corrected chi connectivity index (χ0v) is 17.9. The van der Waals surface area contributed by atoms with E-state index in [1.807, 2.05) is 66.7 Å². The van der Waals surface area contributed by atoms with Gasteiger partial charge in [-0.2, -0.15) is 0 Å². The number of carbonyl (C=O) groups is 2. The standard InChI is InChI=1S/C26H28N2O3/c1-19(2)28-24-11-7-6-10-23(24)16-25(29)22-14-12-20(13-15-22)17-27-26(30)31-18-21-8-4-3-5-9-21/h3-15,19,28H,16-18H2,1-2H3,(H,27,30). The van der Waals surface area contributed by atoms with E-state index in [9.17, 15) is 9.59 Å². The van der Waals surface area contributed by atoms with Crippen molar-refractivity contribution < 1.29 is 14.3 Å². The smallest absolute Gasteiger partial charge is 0.407 e. The molecule has 0 saturated heterocycles. The van der Waals surface area contributed by atoms with Gasteiger partial charge in [0.25, 0.3) is 0 Å². The third-order valence-corrected chi connectivity index (χ3v) is 4.74. The highest BCUT2D eigenvalue weighted by Crippen LogP contribution is 2.19. The quantitative estimate of drug-likeness (QED) is 0.461. The first-order valence-corrected chi connectivity index (χ1v) is 10.4. The molecule has 3 rings (SSSR count). The molecule has 0 unspecified atom stereocenters. The summed E-state index contributed by atoms with van der Waals surface area (Å²) in [5.74, 6) is 0.0554. The lowest BCUT2D eigenvalue weighted by Gasteiger charge is -2.14. The molecule has 0 aliphatic carbocycles. The number of ketones is 1. The number of hydrogen-bond donors (Lipinski definition) is 2. The molecule has 0 heterocycles. The van der Waals surface area contributed by atoms with Gasteiger partial charge in [-0.1, -0.05) is 72.8 Å². The largest absolute Gasteiger partial charge is 0.445 e. The van der Waals surface area contributed by atoms with Gasteiger partial charge >= 0.3 is 6.09 Å². The molecule has 5 nitrogen and oxygen atoms in total. The Balaban J connectivity index is 1.50. The summed E-state index contributed by atoms with van der Waals surface area (Å²) in [6.07, 6.45) is -0.141. The number of alkyl carbamates (subject to hydrolysis) is 1. The van der Waals surface area contributed by atoms with Gasteiger partial charge in [0.2, 0.25) is 0 Å². The molecular formula is C26H28N2O3. The van der Waals surface area contributed by atoms with Crippen LogP contribution in [-0.4, -0.2) is 17.9 Å². The number of hydrogen-bond acceptors (Lipinski definition) is 4. The summed E-state index contributed by atoms with van der Waals surface area (Å²) in [7, 11) is 0. The van der Waals surface area contributed by atoms with E-state index >= 15 is 0 Å². The highest BCUT2D eigenvalue weighted by Gasteiger charge is 2.11. The average molecular weight is 417 g/mol. The van der Waals surface area contributed by atoms with Gasteiger partial charge in [0.1, 0.15) is 6.61 Å². The number of nitrogens with one attached hydrogen (secondary N) is 2. The van der Waals surface area contributed by atoms with Crippen molar-refractivity contribution in [1.82, 2.24) is 5.32 Å². The van der Waals surface area contributed by atoms with Gasteiger partial charge in [-0.25, -0.2) is 4.79 Å². The van der Waals surface area contributed by atoms with Gasteiger partial charge in [-0.3, -0.25) is 4.79 Å². The molecule has 0 bridgehead atoms. The van der Waals surface area contributed by atoms with Crippen molar-refractivity contribution >= 4 is 17.6 Å². The summed E-state index contributed by atoms with van der Waals surface area (Å²) in [5, 5.41) is 6.11. The molecule has 0 aliphatic heterocycles. The van der Waals surface area contributed by atoms with Crippen LogP contribution in [0, 0.1) is 0 Å². The zero-order valence-electron chi connectivity index (χ0n) is 17.9. The highest BCUT2D eigenvalue weighted by atomic mass is 16.5. The minimum atomic E-state index is -0.474. The molecule has 0 aliphatic rings. The molecule has 0 spiro atoms. The van der Waals surface area contributed by atoms with E-state index in [1.54, 1.807) is 12.1 Å². The Morgan fingerprint density at radius 1 is 0.839 bits per heavy atom. The first-order valence-electron chi connectivity index (χ1n) is 10.4. The maximum atomic E-state index is 12.7. The van der Waals surface area contributed by atoms with Gasteiger partial charge in [-0.05, 0) is 36.6 Å². The number of benzene rings is 3. The average Bonchev–Trinajstić information content (AvgIpc) is 2.78. The lowest BCUT2D eigenvalue weighted by molar-refractivity contribution is 0.0993. The minimum Gasteiger partial charge on any atom is -0.445 e. The van der Waals surface area contributed by atoms with Gasteiger partial charge in [0, 0.05) is 30.3 Å². The Labute approximate surface area is 183 Å². The lowest BCUT2D eigenvalue weighted by Crippen LogP contribution is -2.23. The van der Waals surface area contributed by atoms with Gasteiger partial charge in [-0.15, -0.1) is 0 Å². The van der Waals surface area contributed by atoms with Crippen LogP contribution in [-0.2, 0) is 24.3 Å². The normalized spacial score (nSPS) is 10.5. The van der Waals surface area contributed by atoms with Crippen molar-refractivity contribution in [3.63, 3.8) is 0 Å². The lowest BCUT2D eigenvalue weighted by atomic mass is 10.0. The van der Waals surface area contributed by atoms with Crippen LogP contribution in [0.15, 0.2) is 78.9 Å². The number of Topliss-reactive ketones (excluding diaryl/α,β-unsaturated/α-hetero) is 1. The van der Waals surface area contributed by atoms with Crippen molar-refractivity contribution in [2.24, 2.45) is 0 Å². The Morgan fingerprint density at radius 2 is 1.52 bits per heavy atom. The predicted molar refractivity (Wildman–Crippen MR) is 123 cm³/mol. The van der Waals surface area contributed by atoms with Crippen molar-refractivity contribution in [1.29, 1.82) is 0 Å². The number of rotatable bonds is 9. The fraction of sp³-hybridized carbons (Fsp3) is 0.231. The highest BCUT2D eigenvalue weighted by molar-refractivity contribution is 5.98. The van der Waals surface area contributed by atoms with E-state index in [0.29, 0.717) is 24.6 Å². The van der Waals surface area contributed by atoms with E-state index in [2.05, 4.69) is 24.5 Å². The van der Waals surface area contributed by atoms with Crippen LogP contribution in [0.1, 0.15) is 40.9 Å². The first kappa shape index (κ1) is 22.1. The van der Waals surface area contributed by atoms with Crippen LogP contribution < -0.4 is 10.6 Å². The van der Waals surface area contributed by atoms with Crippen LogP contribution in [0.2, 0.25) is 0 Å². The van der Waals surface area contributed by atoms with Crippen molar-refractivity contribution in [3.8, 4) is 0 Å². The molecule has 0 fully saturated rings. The van der Waals surface area contributed by atoms with E-state index in [0.717, 1.165) is 22.4 Å². The van der Waals surface area contributed by atoms with Crippen LogP contribution in [0.3, 0.4) is 0 Å². The molecule has 5 heteroatoms. The van der Waals surface area contributed by atoms with Crippen LogP contribution in [0.5, 0.6) is 0 Å². The number of anilines is 1. The van der Waals surface area contributed by atoms with E-state index < -0.39 is 6.09 Å². The number of carbonyl (C=O) groups excluding carboxylic acids is 2. The van der Waals surface area contributed by atoms with Gasteiger partial charge in [0.15, 0.2) is 5.78 Å². The van der Waals surface area contributed by atoms with E-state index in [-0.39, 0.29) is 12.4 Å². The summed E-state index contributed by atoms with van der Waals surface area (Å²) in [6, 6.07) is 25.0. The molecule has 160 valence electrons. The van der Waals surface area contributed by atoms with Crippen molar-refractivity contribution in [3.05, 3.63) is 101 Å². The van der Waals surface area contributed by atoms with Crippen LogP contribution in [0.25, 0.3) is 0 Å². The monoisotopic (exact) mass is 416 g/mol. The second-order valence-corrected chi connectivity index (χ2v) is 7.67. The minimum absolute atomic E-state index is 0.0554. The third kappa shape index (κ3) is 7.00. The molecule has 0 aromatic heterocycles. The summed E-state index contributed by atoms with van der Waals surface area (Å²) in [6.45, 7) is 4.71. The number of amides is 1. The van der Waals surface area contributed by atoms with E-state index in [4.69, 9.17) is 4.74 Å². The van der Waals surface area contributed by atoms with Gasteiger partial charge < -0.3 is 15.4 Å². The summed E-state index contributed by atoms with van der Waals surface area (Å²) < 4.78 is 5.21. The molecule has 31 heavy (non-hydrogen) atoms. The first-order chi connectivity index (χ1) is 15.0.